The van der Waals surface area contributed by atoms with Gasteiger partial charge in [-0.3, -0.25) is 4.79 Å². The van der Waals surface area contributed by atoms with Crippen molar-refractivity contribution in [2.24, 2.45) is 0 Å². The van der Waals surface area contributed by atoms with E-state index in [0.717, 1.165) is 9.75 Å². The highest BCUT2D eigenvalue weighted by Crippen LogP contribution is 2.25. The van der Waals surface area contributed by atoms with Crippen LogP contribution in [0, 0.1) is 6.92 Å². The summed E-state index contributed by atoms with van der Waals surface area (Å²) < 4.78 is 4.68. The SMILES string of the molecule is CC.CC.COC(=O)c1ccc2c(=O)[nH]c(-c3ccc(C)s3)nc2c1. The van der Waals surface area contributed by atoms with E-state index in [1.54, 1.807) is 29.5 Å². The minimum absolute atomic E-state index is 0.225. The zero-order valence-electron chi connectivity index (χ0n) is 15.5. The van der Waals surface area contributed by atoms with E-state index in [-0.39, 0.29) is 5.56 Å². The first-order valence-electron chi connectivity index (χ1n) is 8.27. The second kappa shape index (κ2) is 9.74. The fourth-order valence-corrected chi connectivity index (χ4v) is 2.88. The third-order valence-electron chi connectivity index (χ3n) is 3.10. The van der Waals surface area contributed by atoms with Crippen LogP contribution in [0.5, 0.6) is 0 Å². The summed E-state index contributed by atoms with van der Waals surface area (Å²) in [4.78, 5) is 32.9. The van der Waals surface area contributed by atoms with Gasteiger partial charge in [-0.15, -0.1) is 11.3 Å². The molecule has 0 amide bonds. The molecule has 0 bridgehead atoms. The van der Waals surface area contributed by atoms with Crippen molar-refractivity contribution in [3.05, 3.63) is 51.1 Å². The van der Waals surface area contributed by atoms with E-state index in [1.807, 2.05) is 46.8 Å². The number of rotatable bonds is 2. The molecule has 0 unspecified atom stereocenters. The van der Waals surface area contributed by atoms with E-state index in [1.165, 1.54) is 7.11 Å². The third kappa shape index (κ3) is 4.76. The molecular weight excluding hydrogens is 336 g/mol. The van der Waals surface area contributed by atoms with E-state index >= 15 is 0 Å². The second-order valence-electron chi connectivity index (χ2n) is 4.55. The third-order valence-corrected chi connectivity index (χ3v) is 4.11. The van der Waals surface area contributed by atoms with E-state index in [9.17, 15) is 9.59 Å². The zero-order valence-corrected chi connectivity index (χ0v) is 16.3. The molecular formula is C19H24N2O3S. The molecule has 2 aromatic heterocycles. The maximum atomic E-state index is 12.1. The molecule has 5 nitrogen and oxygen atoms in total. The van der Waals surface area contributed by atoms with Gasteiger partial charge in [0.1, 0.15) is 0 Å². The number of hydrogen-bond donors (Lipinski definition) is 1. The van der Waals surface area contributed by atoms with Crippen LogP contribution in [0.1, 0.15) is 42.9 Å². The molecule has 0 saturated carbocycles. The molecule has 0 aliphatic carbocycles. The number of carbonyl (C=O) groups excluding carboxylic acids is 1. The van der Waals surface area contributed by atoms with Crippen molar-refractivity contribution >= 4 is 28.2 Å². The molecule has 0 radical (unpaired) electrons. The predicted octanol–water partition coefficient (Wildman–Crippen LogP) is 4.80. The Morgan fingerprint density at radius 1 is 1.12 bits per heavy atom. The Balaban J connectivity index is 0.000000730. The Morgan fingerprint density at radius 3 is 2.36 bits per heavy atom. The van der Waals surface area contributed by atoms with Gasteiger partial charge < -0.3 is 9.72 Å². The number of thiophene rings is 1. The summed E-state index contributed by atoms with van der Waals surface area (Å²) in [7, 11) is 1.32. The number of aromatic nitrogens is 2. The summed E-state index contributed by atoms with van der Waals surface area (Å²) in [5, 5.41) is 0.444. The van der Waals surface area contributed by atoms with Crippen LogP contribution in [0.25, 0.3) is 21.6 Å². The van der Waals surface area contributed by atoms with Crippen LogP contribution in [0.3, 0.4) is 0 Å². The number of ether oxygens (including phenoxy) is 1. The Hall–Kier alpha value is -2.47. The number of aryl methyl sites for hydroxylation is 1. The average Bonchev–Trinajstić information content (AvgIpc) is 3.10. The van der Waals surface area contributed by atoms with E-state index in [2.05, 4.69) is 14.7 Å². The molecule has 6 heteroatoms. The number of methoxy groups -OCH3 is 1. The Kier molecular flexibility index (Phi) is 8.01. The van der Waals surface area contributed by atoms with Gasteiger partial charge in [-0.25, -0.2) is 9.78 Å². The predicted molar refractivity (Wildman–Crippen MR) is 104 cm³/mol. The fraction of sp³-hybridized carbons (Fsp3) is 0.316. The number of hydrogen-bond acceptors (Lipinski definition) is 5. The Morgan fingerprint density at radius 2 is 1.80 bits per heavy atom. The quantitative estimate of drug-likeness (QED) is 0.666. The van der Waals surface area contributed by atoms with Crippen LogP contribution in [0.4, 0.5) is 0 Å². The normalized spacial score (nSPS) is 9.52. The van der Waals surface area contributed by atoms with E-state index in [0.29, 0.717) is 22.3 Å². The number of H-pyrrole nitrogens is 1. The fourth-order valence-electron chi connectivity index (χ4n) is 2.06. The minimum Gasteiger partial charge on any atom is -0.465 e. The van der Waals surface area contributed by atoms with Gasteiger partial charge in [-0.05, 0) is 37.3 Å². The topological polar surface area (TPSA) is 72.1 Å². The van der Waals surface area contributed by atoms with Gasteiger partial charge >= 0.3 is 5.97 Å². The van der Waals surface area contributed by atoms with Gasteiger partial charge in [-0.1, -0.05) is 27.7 Å². The van der Waals surface area contributed by atoms with Gasteiger partial charge in [-0.2, -0.15) is 0 Å². The van der Waals surface area contributed by atoms with Gasteiger partial charge in [0, 0.05) is 4.88 Å². The van der Waals surface area contributed by atoms with E-state index in [4.69, 9.17) is 0 Å². The standard InChI is InChI=1S/C15H12N2O3S.2C2H6/c1-8-3-6-12(21-8)13-16-11-7-9(15(19)20-2)4-5-10(11)14(18)17-13;2*1-2/h3-7H,1-2H3,(H,16,17,18);2*1-2H3. The van der Waals surface area contributed by atoms with Crippen molar-refractivity contribution in [1.29, 1.82) is 0 Å². The first-order valence-corrected chi connectivity index (χ1v) is 9.09. The summed E-state index contributed by atoms with van der Waals surface area (Å²) in [5.41, 5.74) is 0.622. The number of nitrogens with one attached hydrogen (secondary N) is 1. The summed E-state index contributed by atoms with van der Waals surface area (Å²) in [6, 6.07) is 8.58. The smallest absolute Gasteiger partial charge is 0.337 e. The lowest BCUT2D eigenvalue weighted by Gasteiger charge is -2.03. The Labute approximate surface area is 151 Å². The molecule has 25 heavy (non-hydrogen) atoms. The molecule has 0 fully saturated rings. The first-order chi connectivity index (χ1) is 12.1. The molecule has 0 spiro atoms. The van der Waals surface area contributed by atoms with Gasteiger partial charge in [0.15, 0.2) is 5.82 Å². The maximum absolute atomic E-state index is 12.1. The lowest BCUT2D eigenvalue weighted by atomic mass is 10.1. The zero-order chi connectivity index (χ0) is 19.0. The largest absolute Gasteiger partial charge is 0.465 e. The van der Waals surface area contributed by atoms with Crippen LogP contribution in [-0.2, 0) is 4.74 Å². The van der Waals surface area contributed by atoms with Crippen molar-refractivity contribution < 1.29 is 9.53 Å². The van der Waals surface area contributed by atoms with Crippen LogP contribution in [-0.4, -0.2) is 23.0 Å². The number of aromatic amines is 1. The molecule has 2 heterocycles. The van der Waals surface area contributed by atoms with Crippen LogP contribution >= 0.6 is 11.3 Å². The van der Waals surface area contributed by atoms with Gasteiger partial charge in [0.25, 0.3) is 5.56 Å². The molecule has 0 aliphatic heterocycles. The number of fused-ring (bicyclic) bond motifs is 1. The Bertz CT molecular complexity index is 897. The van der Waals surface area contributed by atoms with E-state index < -0.39 is 5.97 Å². The number of nitrogens with zero attached hydrogens (tertiary/aromatic N) is 1. The van der Waals surface area contributed by atoms with Crippen molar-refractivity contribution in [2.75, 3.05) is 7.11 Å². The average molecular weight is 360 g/mol. The minimum atomic E-state index is -0.451. The van der Waals surface area contributed by atoms with Crippen molar-refractivity contribution in [2.45, 2.75) is 34.6 Å². The molecule has 3 rings (SSSR count). The highest BCUT2D eigenvalue weighted by atomic mass is 32.1. The summed E-state index contributed by atoms with van der Waals surface area (Å²) in [6.07, 6.45) is 0. The van der Waals surface area contributed by atoms with Crippen LogP contribution < -0.4 is 5.56 Å². The lowest BCUT2D eigenvalue weighted by molar-refractivity contribution is 0.0601. The molecule has 3 aromatic rings. The number of benzene rings is 1. The van der Waals surface area contributed by atoms with Crippen molar-refractivity contribution in [3.63, 3.8) is 0 Å². The summed E-state index contributed by atoms with van der Waals surface area (Å²) in [5.74, 6) is 0.0557. The van der Waals surface area contributed by atoms with Crippen LogP contribution in [0.15, 0.2) is 35.1 Å². The maximum Gasteiger partial charge on any atom is 0.337 e. The van der Waals surface area contributed by atoms with Gasteiger partial charge in [0.2, 0.25) is 0 Å². The van der Waals surface area contributed by atoms with Crippen molar-refractivity contribution in [1.82, 2.24) is 9.97 Å². The second-order valence-corrected chi connectivity index (χ2v) is 5.84. The number of carbonyl (C=O) groups is 1. The highest BCUT2D eigenvalue weighted by Gasteiger charge is 2.11. The molecule has 0 aliphatic rings. The summed E-state index contributed by atoms with van der Waals surface area (Å²) in [6.45, 7) is 9.99. The van der Waals surface area contributed by atoms with Crippen LogP contribution in [0.2, 0.25) is 0 Å². The highest BCUT2D eigenvalue weighted by molar-refractivity contribution is 7.15. The van der Waals surface area contributed by atoms with Gasteiger partial charge in [0.05, 0.1) is 28.5 Å². The lowest BCUT2D eigenvalue weighted by Crippen LogP contribution is -2.10. The molecule has 134 valence electrons. The first kappa shape index (κ1) is 20.6. The molecule has 1 N–H and O–H groups in total. The molecule has 0 saturated heterocycles. The monoisotopic (exact) mass is 360 g/mol. The molecule has 0 atom stereocenters. The van der Waals surface area contributed by atoms with Crippen molar-refractivity contribution in [3.8, 4) is 10.7 Å². The molecule has 1 aromatic carbocycles. The number of esters is 1. The summed E-state index contributed by atoms with van der Waals surface area (Å²) >= 11 is 1.55.